The molecule has 1 aliphatic carbocycles. The predicted molar refractivity (Wildman–Crippen MR) is 60.5 cm³/mol. The Labute approximate surface area is 88.4 Å². The average molecular weight is 199 g/mol. The molecule has 14 heavy (non-hydrogen) atoms. The zero-order valence-corrected chi connectivity index (χ0v) is 9.88. The minimum atomic E-state index is 0.483. The van der Waals surface area contributed by atoms with Crippen molar-refractivity contribution in [2.24, 2.45) is 5.92 Å². The van der Waals surface area contributed by atoms with Crippen molar-refractivity contribution in [3.63, 3.8) is 0 Å². The summed E-state index contributed by atoms with van der Waals surface area (Å²) in [6, 6.07) is 1.14. The zero-order valence-electron chi connectivity index (χ0n) is 9.88. The van der Waals surface area contributed by atoms with Crippen molar-refractivity contribution < 1.29 is 4.74 Å². The lowest BCUT2D eigenvalue weighted by atomic mass is 9.84. The summed E-state index contributed by atoms with van der Waals surface area (Å²) in [4.78, 5) is 0. The Bertz CT molecular complexity index is 143. The van der Waals surface area contributed by atoms with E-state index in [4.69, 9.17) is 4.74 Å². The molecule has 1 aliphatic rings. The normalized spacial score (nSPS) is 23.4. The molecule has 0 aromatic carbocycles. The van der Waals surface area contributed by atoms with Crippen LogP contribution < -0.4 is 5.32 Å². The van der Waals surface area contributed by atoms with Gasteiger partial charge in [-0.2, -0.15) is 0 Å². The van der Waals surface area contributed by atoms with Crippen LogP contribution in [0.2, 0.25) is 0 Å². The maximum atomic E-state index is 5.13. The third kappa shape index (κ3) is 3.97. The second-order valence-corrected chi connectivity index (χ2v) is 4.71. The van der Waals surface area contributed by atoms with Crippen LogP contribution in [0.25, 0.3) is 0 Å². The molecule has 2 atom stereocenters. The molecule has 0 heterocycles. The Hall–Kier alpha value is -0.0800. The van der Waals surface area contributed by atoms with Crippen LogP contribution >= 0.6 is 0 Å². The lowest BCUT2D eigenvalue weighted by Gasteiger charge is -2.30. The second kappa shape index (κ2) is 6.41. The van der Waals surface area contributed by atoms with Gasteiger partial charge in [-0.15, -0.1) is 0 Å². The highest BCUT2D eigenvalue weighted by Crippen LogP contribution is 2.26. The topological polar surface area (TPSA) is 21.3 Å². The molecule has 0 amide bonds. The van der Waals surface area contributed by atoms with Crippen molar-refractivity contribution >= 4 is 0 Å². The molecule has 84 valence electrons. The molecule has 0 bridgehead atoms. The van der Waals surface area contributed by atoms with E-state index in [0.29, 0.717) is 12.1 Å². The number of nitrogens with one attached hydrogen (secondary N) is 1. The van der Waals surface area contributed by atoms with Crippen LogP contribution in [0.1, 0.15) is 46.0 Å². The van der Waals surface area contributed by atoms with E-state index in [9.17, 15) is 0 Å². The highest BCUT2D eigenvalue weighted by molar-refractivity contribution is 4.77. The molecule has 1 saturated carbocycles. The van der Waals surface area contributed by atoms with Crippen LogP contribution in [0.3, 0.4) is 0 Å². The van der Waals surface area contributed by atoms with E-state index in [1.807, 2.05) is 0 Å². The summed E-state index contributed by atoms with van der Waals surface area (Å²) in [5.74, 6) is 0.892. The van der Waals surface area contributed by atoms with Gasteiger partial charge in [0.1, 0.15) is 0 Å². The van der Waals surface area contributed by atoms with Crippen molar-refractivity contribution in [1.82, 2.24) is 5.32 Å². The SMILES string of the molecule is COCC(C)N[C@@H](C)C1CCCCC1. The first-order valence-electron chi connectivity index (χ1n) is 5.99. The maximum absolute atomic E-state index is 5.13. The van der Waals surface area contributed by atoms with Gasteiger partial charge < -0.3 is 10.1 Å². The lowest BCUT2D eigenvalue weighted by molar-refractivity contribution is 0.157. The van der Waals surface area contributed by atoms with Crippen molar-refractivity contribution in [3.8, 4) is 0 Å². The quantitative estimate of drug-likeness (QED) is 0.735. The third-order valence-electron chi connectivity index (χ3n) is 3.32. The Morgan fingerprint density at radius 2 is 1.86 bits per heavy atom. The van der Waals surface area contributed by atoms with Crippen molar-refractivity contribution in [3.05, 3.63) is 0 Å². The Morgan fingerprint density at radius 1 is 1.21 bits per heavy atom. The Balaban J connectivity index is 2.21. The molecular formula is C12H25NO. The lowest BCUT2D eigenvalue weighted by Crippen LogP contribution is -2.42. The van der Waals surface area contributed by atoms with E-state index in [-0.39, 0.29) is 0 Å². The van der Waals surface area contributed by atoms with Crippen LogP contribution in [0.15, 0.2) is 0 Å². The van der Waals surface area contributed by atoms with E-state index in [1.165, 1.54) is 32.1 Å². The molecule has 0 aromatic rings. The van der Waals surface area contributed by atoms with Crippen LogP contribution in [0.5, 0.6) is 0 Å². The minimum absolute atomic E-state index is 0.483. The number of hydrogen-bond donors (Lipinski definition) is 1. The Kier molecular flexibility index (Phi) is 5.49. The first-order chi connectivity index (χ1) is 6.74. The maximum Gasteiger partial charge on any atom is 0.0613 e. The number of methoxy groups -OCH3 is 1. The summed E-state index contributed by atoms with van der Waals surface area (Å²) < 4.78 is 5.13. The van der Waals surface area contributed by atoms with E-state index in [0.717, 1.165) is 12.5 Å². The number of ether oxygens (including phenoxy) is 1. The molecule has 0 aliphatic heterocycles. The number of hydrogen-bond acceptors (Lipinski definition) is 2. The van der Waals surface area contributed by atoms with Gasteiger partial charge >= 0.3 is 0 Å². The highest BCUT2D eigenvalue weighted by atomic mass is 16.5. The van der Waals surface area contributed by atoms with Crippen LogP contribution in [-0.4, -0.2) is 25.8 Å². The predicted octanol–water partition coefficient (Wildman–Crippen LogP) is 2.58. The fourth-order valence-electron chi connectivity index (χ4n) is 2.52. The molecule has 0 spiro atoms. The largest absolute Gasteiger partial charge is 0.383 e. The van der Waals surface area contributed by atoms with Gasteiger partial charge in [-0.1, -0.05) is 19.3 Å². The average Bonchev–Trinajstić information content (AvgIpc) is 2.19. The third-order valence-corrected chi connectivity index (χ3v) is 3.32. The first-order valence-corrected chi connectivity index (χ1v) is 5.99. The molecule has 1 fully saturated rings. The zero-order chi connectivity index (χ0) is 10.4. The van der Waals surface area contributed by atoms with Crippen LogP contribution in [-0.2, 0) is 4.74 Å². The Morgan fingerprint density at radius 3 is 2.43 bits per heavy atom. The fourth-order valence-corrected chi connectivity index (χ4v) is 2.52. The molecule has 1 N–H and O–H groups in total. The van der Waals surface area contributed by atoms with Gasteiger partial charge in [0.2, 0.25) is 0 Å². The molecule has 1 unspecified atom stereocenters. The minimum Gasteiger partial charge on any atom is -0.383 e. The summed E-state index contributed by atoms with van der Waals surface area (Å²) in [6.07, 6.45) is 7.11. The standard InChI is InChI=1S/C12H25NO/c1-10(9-14-3)13-11(2)12-7-5-4-6-8-12/h10-13H,4-9H2,1-3H3/t10?,11-/m0/s1. The van der Waals surface area contributed by atoms with Crippen LogP contribution in [0, 0.1) is 5.92 Å². The monoisotopic (exact) mass is 199 g/mol. The smallest absolute Gasteiger partial charge is 0.0613 e. The molecular weight excluding hydrogens is 174 g/mol. The second-order valence-electron chi connectivity index (χ2n) is 4.71. The van der Waals surface area contributed by atoms with Gasteiger partial charge in [-0.25, -0.2) is 0 Å². The van der Waals surface area contributed by atoms with Gasteiger partial charge in [-0.3, -0.25) is 0 Å². The molecule has 0 saturated heterocycles. The van der Waals surface area contributed by atoms with Crippen molar-refractivity contribution in [2.75, 3.05) is 13.7 Å². The van der Waals surface area contributed by atoms with E-state index >= 15 is 0 Å². The van der Waals surface area contributed by atoms with Gasteiger partial charge in [0.15, 0.2) is 0 Å². The summed E-state index contributed by atoms with van der Waals surface area (Å²) >= 11 is 0. The number of rotatable bonds is 5. The first kappa shape index (κ1) is 12.0. The summed E-state index contributed by atoms with van der Waals surface area (Å²) in [5.41, 5.74) is 0. The van der Waals surface area contributed by atoms with Crippen molar-refractivity contribution in [2.45, 2.75) is 58.0 Å². The van der Waals surface area contributed by atoms with Gasteiger partial charge in [0, 0.05) is 19.2 Å². The highest BCUT2D eigenvalue weighted by Gasteiger charge is 2.20. The van der Waals surface area contributed by atoms with Gasteiger partial charge in [0.05, 0.1) is 6.61 Å². The van der Waals surface area contributed by atoms with Crippen molar-refractivity contribution in [1.29, 1.82) is 0 Å². The fraction of sp³-hybridized carbons (Fsp3) is 1.00. The molecule has 0 radical (unpaired) electrons. The summed E-state index contributed by atoms with van der Waals surface area (Å²) in [5, 5.41) is 3.63. The molecule has 0 aromatic heterocycles. The van der Waals surface area contributed by atoms with Gasteiger partial charge in [-0.05, 0) is 32.6 Å². The van der Waals surface area contributed by atoms with Crippen LogP contribution in [0.4, 0.5) is 0 Å². The molecule has 2 heteroatoms. The van der Waals surface area contributed by atoms with E-state index in [2.05, 4.69) is 19.2 Å². The molecule has 1 rings (SSSR count). The molecule has 2 nitrogen and oxygen atoms in total. The van der Waals surface area contributed by atoms with E-state index < -0.39 is 0 Å². The van der Waals surface area contributed by atoms with E-state index in [1.54, 1.807) is 7.11 Å². The summed E-state index contributed by atoms with van der Waals surface area (Å²) in [7, 11) is 1.77. The summed E-state index contributed by atoms with van der Waals surface area (Å²) in [6.45, 7) is 5.34. The van der Waals surface area contributed by atoms with Gasteiger partial charge in [0.25, 0.3) is 0 Å².